The van der Waals surface area contributed by atoms with E-state index in [4.69, 9.17) is 11.6 Å². The lowest BCUT2D eigenvalue weighted by molar-refractivity contribution is -0.144. The molecular formula is C11H15ClF3N3O. The van der Waals surface area contributed by atoms with Crippen LogP contribution in [0.25, 0.3) is 0 Å². The van der Waals surface area contributed by atoms with E-state index in [0.29, 0.717) is 0 Å². The molecule has 0 aliphatic carbocycles. The molecule has 0 aromatic carbocycles. The molecular weight excluding hydrogens is 283 g/mol. The Bertz CT molecular complexity index is 469. The van der Waals surface area contributed by atoms with Crippen molar-refractivity contribution in [2.24, 2.45) is 0 Å². The number of aliphatic hydroxyl groups is 1. The first kappa shape index (κ1) is 16.0. The highest BCUT2D eigenvalue weighted by Crippen LogP contribution is 2.30. The number of anilines is 1. The van der Waals surface area contributed by atoms with E-state index in [9.17, 15) is 18.3 Å². The van der Waals surface area contributed by atoms with Gasteiger partial charge in [-0.25, -0.2) is 9.97 Å². The van der Waals surface area contributed by atoms with E-state index in [1.807, 2.05) is 0 Å². The van der Waals surface area contributed by atoms with Gasteiger partial charge >= 0.3 is 6.18 Å². The number of nitrogens with zero attached hydrogens (tertiary/aromatic N) is 2. The minimum Gasteiger partial charge on any atom is -0.388 e. The second-order valence-electron chi connectivity index (χ2n) is 5.21. The van der Waals surface area contributed by atoms with Crippen LogP contribution in [0.1, 0.15) is 33.5 Å². The minimum absolute atomic E-state index is 0.0977. The summed E-state index contributed by atoms with van der Waals surface area (Å²) in [6.07, 6.45) is -4.68. The average molecular weight is 298 g/mol. The summed E-state index contributed by atoms with van der Waals surface area (Å²) in [6, 6.07) is 1.17. The van der Waals surface area contributed by atoms with Gasteiger partial charge in [0.25, 0.3) is 0 Å². The predicted octanol–water partition coefficient (Wildman–Crippen LogP) is 3.11. The third-order valence-electron chi connectivity index (χ3n) is 2.92. The van der Waals surface area contributed by atoms with E-state index in [1.54, 1.807) is 13.8 Å². The van der Waals surface area contributed by atoms with Gasteiger partial charge in [-0.1, -0.05) is 11.6 Å². The van der Waals surface area contributed by atoms with Gasteiger partial charge in [-0.15, -0.1) is 0 Å². The highest BCUT2D eigenvalue weighted by molar-refractivity contribution is 6.29. The lowest BCUT2D eigenvalue weighted by atomic mass is 9.86. The fourth-order valence-corrected chi connectivity index (χ4v) is 1.26. The van der Waals surface area contributed by atoms with Crippen molar-refractivity contribution in [2.45, 2.75) is 45.0 Å². The summed E-state index contributed by atoms with van der Waals surface area (Å²) in [7, 11) is 0. The summed E-state index contributed by atoms with van der Waals surface area (Å²) in [6.45, 7) is 6.34. The molecule has 2 N–H and O–H groups in total. The Hall–Kier alpha value is -1.08. The SMILES string of the molecule is CC(C)(O)C(C)(C)Nc1cc(Cl)nc(C(F)(F)F)n1. The molecule has 1 aromatic heterocycles. The second kappa shape index (κ2) is 4.79. The summed E-state index contributed by atoms with van der Waals surface area (Å²) in [4.78, 5) is 6.48. The predicted molar refractivity (Wildman–Crippen MR) is 66.0 cm³/mol. The highest BCUT2D eigenvalue weighted by Gasteiger charge is 2.38. The zero-order valence-corrected chi connectivity index (χ0v) is 11.7. The molecule has 0 atom stereocenters. The summed E-state index contributed by atoms with van der Waals surface area (Å²) in [5, 5.41) is 12.3. The van der Waals surface area contributed by atoms with Gasteiger partial charge in [-0.05, 0) is 27.7 Å². The van der Waals surface area contributed by atoms with Crippen LogP contribution in [0.15, 0.2) is 6.07 Å². The highest BCUT2D eigenvalue weighted by atomic mass is 35.5. The molecule has 0 spiro atoms. The lowest BCUT2D eigenvalue weighted by Crippen LogP contribution is -2.51. The number of hydrogen-bond donors (Lipinski definition) is 2. The maximum Gasteiger partial charge on any atom is 0.451 e. The minimum atomic E-state index is -4.68. The van der Waals surface area contributed by atoms with E-state index in [0.717, 1.165) is 0 Å². The quantitative estimate of drug-likeness (QED) is 0.842. The maximum atomic E-state index is 12.6. The third-order valence-corrected chi connectivity index (χ3v) is 3.11. The second-order valence-corrected chi connectivity index (χ2v) is 5.59. The molecule has 1 heterocycles. The van der Waals surface area contributed by atoms with E-state index in [1.165, 1.54) is 19.9 Å². The van der Waals surface area contributed by atoms with E-state index in [2.05, 4.69) is 15.3 Å². The van der Waals surface area contributed by atoms with E-state index in [-0.39, 0.29) is 11.0 Å². The Balaban J connectivity index is 3.13. The van der Waals surface area contributed by atoms with Crippen LogP contribution in [-0.4, -0.2) is 26.2 Å². The molecule has 1 rings (SSSR count). The molecule has 0 fully saturated rings. The molecule has 0 unspecified atom stereocenters. The van der Waals surface area contributed by atoms with Gasteiger partial charge in [0, 0.05) is 6.07 Å². The number of nitrogens with one attached hydrogen (secondary N) is 1. The molecule has 0 amide bonds. The van der Waals surface area contributed by atoms with Crippen molar-refractivity contribution in [2.75, 3.05) is 5.32 Å². The summed E-state index contributed by atoms with van der Waals surface area (Å²) in [5.74, 6) is -1.42. The van der Waals surface area contributed by atoms with Crippen molar-refractivity contribution in [1.82, 2.24) is 9.97 Å². The fraction of sp³-hybridized carbons (Fsp3) is 0.636. The van der Waals surface area contributed by atoms with Gasteiger partial charge in [0.05, 0.1) is 11.1 Å². The van der Waals surface area contributed by atoms with Crippen LogP contribution >= 0.6 is 11.6 Å². The molecule has 0 radical (unpaired) electrons. The molecule has 0 saturated heterocycles. The largest absolute Gasteiger partial charge is 0.451 e. The molecule has 8 heteroatoms. The fourth-order valence-electron chi connectivity index (χ4n) is 1.08. The Labute approximate surface area is 114 Å². The Morgan fingerprint density at radius 1 is 1.16 bits per heavy atom. The van der Waals surface area contributed by atoms with Crippen molar-refractivity contribution in [3.05, 3.63) is 17.0 Å². The molecule has 1 aromatic rings. The van der Waals surface area contributed by atoms with Crippen LogP contribution in [0.5, 0.6) is 0 Å². The van der Waals surface area contributed by atoms with Crippen molar-refractivity contribution < 1.29 is 18.3 Å². The Kier molecular flexibility index (Phi) is 4.03. The van der Waals surface area contributed by atoms with Crippen molar-refractivity contribution in [3.63, 3.8) is 0 Å². The molecule has 0 bridgehead atoms. The zero-order valence-electron chi connectivity index (χ0n) is 10.9. The normalized spacial score (nSPS) is 13.5. The number of hydrogen-bond acceptors (Lipinski definition) is 4. The van der Waals surface area contributed by atoms with Crippen LogP contribution in [-0.2, 0) is 6.18 Å². The molecule has 0 aliphatic rings. The van der Waals surface area contributed by atoms with Gasteiger partial charge < -0.3 is 10.4 Å². The van der Waals surface area contributed by atoms with Gasteiger partial charge in [-0.2, -0.15) is 13.2 Å². The monoisotopic (exact) mass is 297 g/mol. The zero-order chi connectivity index (χ0) is 15.1. The van der Waals surface area contributed by atoms with Crippen LogP contribution in [0.4, 0.5) is 19.0 Å². The third kappa shape index (κ3) is 3.94. The summed E-state index contributed by atoms with van der Waals surface area (Å²) < 4.78 is 37.7. The molecule has 108 valence electrons. The van der Waals surface area contributed by atoms with Crippen LogP contribution in [0.3, 0.4) is 0 Å². The van der Waals surface area contributed by atoms with Crippen molar-refractivity contribution in [1.29, 1.82) is 0 Å². The Morgan fingerprint density at radius 3 is 2.11 bits per heavy atom. The summed E-state index contributed by atoms with van der Waals surface area (Å²) in [5.41, 5.74) is -2.09. The molecule has 4 nitrogen and oxygen atoms in total. The van der Waals surface area contributed by atoms with Crippen LogP contribution < -0.4 is 5.32 Å². The summed E-state index contributed by atoms with van der Waals surface area (Å²) >= 11 is 5.55. The molecule has 19 heavy (non-hydrogen) atoms. The smallest absolute Gasteiger partial charge is 0.388 e. The number of rotatable bonds is 3. The Morgan fingerprint density at radius 2 is 1.68 bits per heavy atom. The van der Waals surface area contributed by atoms with Crippen molar-refractivity contribution >= 4 is 17.4 Å². The van der Waals surface area contributed by atoms with Gasteiger partial charge in [0.2, 0.25) is 5.82 Å². The molecule has 0 saturated carbocycles. The van der Waals surface area contributed by atoms with Crippen LogP contribution in [0, 0.1) is 0 Å². The van der Waals surface area contributed by atoms with Gasteiger partial charge in [0.15, 0.2) is 0 Å². The van der Waals surface area contributed by atoms with Crippen molar-refractivity contribution in [3.8, 4) is 0 Å². The molecule has 0 aliphatic heterocycles. The first-order valence-corrected chi connectivity index (χ1v) is 5.83. The average Bonchev–Trinajstić information content (AvgIpc) is 2.12. The van der Waals surface area contributed by atoms with Gasteiger partial charge in [0.1, 0.15) is 11.0 Å². The first-order chi connectivity index (χ1) is 8.33. The maximum absolute atomic E-state index is 12.6. The van der Waals surface area contributed by atoms with Gasteiger partial charge in [-0.3, -0.25) is 0 Å². The van der Waals surface area contributed by atoms with Crippen LogP contribution in [0.2, 0.25) is 5.15 Å². The number of alkyl halides is 3. The number of halogens is 4. The lowest BCUT2D eigenvalue weighted by Gasteiger charge is -2.38. The topological polar surface area (TPSA) is 58.0 Å². The first-order valence-electron chi connectivity index (χ1n) is 5.45. The standard InChI is InChI=1S/C11H15ClF3N3O/c1-9(2,10(3,4)19)18-7-5-6(12)16-8(17-7)11(13,14)15/h5,19H,1-4H3,(H,16,17,18). The van der Waals surface area contributed by atoms with E-state index >= 15 is 0 Å². The van der Waals surface area contributed by atoms with E-state index < -0.39 is 23.1 Å². The number of aromatic nitrogens is 2.